The maximum atomic E-state index is 4.10. The summed E-state index contributed by atoms with van der Waals surface area (Å²) >= 11 is 0. The van der Waals surface area contributed by atoms with Crippen molar-refractivity contribution in [1.82, 2.24) is 0 Å². The summed E-state index contributed by atoms with van der Waals surface area (Å²) in [5.74, 6) is 0.755. The molecule has 45 heavy (non-hydrogen) atoms. The molecule has 3 aliphatic rings. The summed E-state index contributed by atoms with van der Waals surface area (Å²) < 4.78 is 0. The van der Waals surface area contributed by atoms with Crippen LogP contribution in [0.2, 0.25) is 0 Å². The van der Waals surface area contributed by atoms with Crippen LogP contribution >= 0.6 is 0 Å². The molecular formula is C45H46. The van der Waals surface area contributed by atoms with Crippen molar-refractivity contribution in [3.05, 3.63) is 172 Å². The summed E-state index contributed by atoms with van der Waals surface area (Å²) in [5, 5.41) is 0. The number of benzene rings is 4. The van der Waals surface area contributed by atoms with Crippen LogP contribution in [0.3, 0.4) is 0 Å². The number of fused-ring (bicyclic) bond motifs is 5. The van der Waals surface area contributed by atoms with Crippen LogP contribution in [-0.2, 0) is 6.42 Å². The predicted molar refractivity (Wildman–Crippen MR) is 196 cm³/mol. The van der Waals surface area contributed by atoms with Gasteiger partial charge in [0.2, 0.25) is 0 Å². The number of rotatable bonds is 5. The highest BCUT2D eigenvalue weighted by molar-refractivity contribution is 5.93. The molecule has 4 aromatic rings. The van der Waals surface area contributed by atoms with Crippen molar-refractivity contribution in [2.75, 3.05) is 0 Å². The van der Waals surface area contributed by atoms with Crippen LogP contribution in [0.4, 0.5) is 0 Å². The Balaban J connectivity index is 0.000000845. The lowest BCUT2D eigenvalue weighted by atomic mass is 9.67. The van der Waals surface area contributed by atoms with E-state index in [0.29, 0.717) is 11.8 Å². The molecule has 0 heterocycles. The van der Waals surface area contributed by atoms with E-state index >= 15 is 0 Å². The van der Waals surface area contributed by atoms with Crippen LogP contribution in [0.25, 0.3) is 27.8 Å². The standard InChI is InChI=1S/C41H36.C4H10/c1-4-13-29(24-32-25-31-14-5-6-16-34(31)37-19-10-8-17-35(32)37)30-23-22-27(2)40(26-30)41-28(3)33-15-7-9-18-36(33)38-20-11-12-21-39(38)41;1-3-4-2/h4-8,10-17,19-24,26,28,41H,1,9,18,25H2,2-3H3;3-4H2,1-2H3/b29-13+,32-24+;. The van der Waals surface area contributed by atoms with Crippen molar-refractivity contribution in [2.45, 2.75) is 65.7 Å². The molecule has 0 aliphatic heterocycles. The van der Waals surface area contributed by atoms with Gasteiger partial charge in [-0.15, -0.1) is 0 Å². The Morgan fingerprint density at radius 2 is 1.49 bits per heavy atom. The van der Waals surface area contributed by atoms with E-state index in [1.807, 2.05) is 6.08 Å². The van der Waals surface area contributed by atoms with E-state index in [-0.39, 0.29) is 0 Å². The lowest BCUT2D eigenvalue weighted by Crippen LogP contribution is -2.22. The first-order valence-electron chi connectivity index (χ1n) is 16.9. The number of aryl methyl sites for hydroxylation is 1. The smallest absolute Gasteiger partial charge is 0.0164 e. The van der Waals surface area contributed by atoms with Gasteiger partial charge in [0.1, 0.15) is 0 Å². The first-order valence-corrected chi connectivity index (χ1v) is 16.9. The summed E-state index contributed by atoms with van der Waals surface area (Å²) in [7, 11) is 0. The van der Waals surface area contributed by atoms with Crippen molar-refractivity contribution in [3.63, 3.8) is 0 Å². The summed E-state index contributed by atoms with van der Waals surface area (Å²) in [6, 6.07) is 33.9. The average molecular weight is 587 g/mol. The Kier molecular flexibility index (Phi) is 9.31. The fourth-order valence-electron chi connectivity index (χ4n) is 7.39. The van der Waals surface area contributed by atoms with Gasteiger partial charge in [-0.1, -0.05) is 162 Å². The fourth-order valence-corrected chi connectivity index (χ4v) is 7.39. The topological polar surface area (TPSA) is 0 Å². The second kappa shape index (κ2) is 13.7. The minimum Gasteiger partial charge on any atom is -0.0990 e. The maximum absolute atomic E-state index is 4.10. The van der Waals surface area contributed by atoms with E-state index in [9.17, 15) is 0 Å². The largest absolute Gasteiger partial charge is 0.0990 e. The molecule has 3 aliphatic carbocycles. The van der Waals surface area contributed by atoms with E-state index in [1.54, 1.807) is 5.57 Å². The molecule has 0 aromatic heterocycles. The number of allylic oxidation sites excluding steroid dienone is 9. The number of hydrogen-bond acceptors (Lipinski definition) is 0. The molecule has 2 unspecified atom stereocenters. The van der Waals surface area contributed by atoms with Gasteiger partial charge in [0, 0.05) is 5.92 Å². The summed E-state index contributed by atoms with van der Waals surface area (Å²) in [6.45, 7) is 13.2. The lowest BCUT2D eigenvalue weighted by molar-refractivity contribution is 0.585. The van der Waals surface area contributed by atoms with Gasteiger partial charge in [-0.25, -0.2) is 0 Å². The van der Waals surface area contributed by atoms with Crippen molar-refractivity contribution in [1.29, 1.82) is 0 Å². The molecular weight excluding hydrogens is 540 g/mol. The first-order chi connectivity index (χ1) is 22.0. The lowest BCUT2D eigenvalue weighted by Gasteiger charge is -2.37. The van der Waals surface area contributed by atoms with Crippen LogP contribution in [-0.4, -0.2) is 0 Å². The molecule has 0 saturated heterocycles. The van der Waals surface area contributed by atoms with Crippen LogP contribution in [0.15, 0.2) is 134 Å². The Bertz CT molecular complexity index is 1830. The molecule has 0 N–H and O–H groups in total. The monoisotopic (exact) mass is 586 g/mol. The molecule has 2 atom stereocenters. The maximum Gasteiger partial charge on any atom is 0.0164 e. The molecule has 0 nitrogen and oxygen atoms in total. The molecule has 0 bridgehead atoms. The van der Waals surface area contributed by atoms with Crippen LogP contribution < -0.4 is 0 Å². The summed E-state index contributed by atoms with van der Waals surface area (Å²) in [5.41, 5.74) is 18.0. The Hall–Kier alpha value is -4.42. The van der Waals surface area contributed by atoms with Crippen molar-refractivity contribution >= 4 is 16.7 Å². The highest BCUT2D eigenvalue weighted by Gasteiger charge is 2.34. The number of hydrogen-bond donors (Lipinski definition) is 0. The second-order valence-electron chi connectivity index (χ2n) is 12.7. The van der Waals surface area contributed by atoms with Crippen LogP contribution in [0.1, 0.15) is 91.3 Å². The van der Waals surface area contributed by atoms with E-state index in [2.05, 4.69) is 150 Å². The third-order valence-electron chi connectivity index (χ3n) is 9.85. The SMILES string of the molecule is C=C/C=C(\C=C1/Cc2ccccc2-c2ccccc21)c1ccc(C)c(C2c3ccccc3C3=C(C=CCC3)C2C)c1.CCCC. The summed E-state index contributed by atoms with van der Waals surface area (Å²) in [4.78, 5) is 0. The molecule has 0 spiro atoms. The second-order valence-corrected chi connectivity index (χ2v) is 12.7. The molecule has 4 aromatic carbocycles. The van der Waals surface area contributed by atoms with Gasteiger partial charge in [-0.3, -0.25) is 0 Å². The van der Waals surface area contributed by atoms with Gasteiger partial charge in [0.05, 0.1) is 0 Å². The average Bonchev–Trinajstić information content (AvgIpc) is 3.09. The van der Waals surface area contributed by atoms with Crippen LogP contribution in [0, 0.1) is 12.8 Å². The molecule has 0 radical (unpaired) electrons. The molecule has 0 fully saturated rings. The normalized spacial score (nSPS) is 19.1. The van der Waals surface area contributed by atoms with Crippen molar-refractivity contribution in [2.24, 2.45) is 5.92 Å². The molecule has 0 amide bonds. The number of unbranched alkanes of at least 4 members (excludes halogenated alkanes) is 1. The fraction of sp³-hybridized carbons (Fsp3) is 0.244. The van der Waals surface area contributed by atoms with E-state index in [4.69, 9.17) is 0 Å². The highest BCUT2D eigenvalue weighted by Crippen LogP contribution is 2.50. The third kappa shape index (κ3) is 5.99. The van der Waals surface area contributed by atoms with Gasteiger partial charge >= 0.3 is 0 Å². The third-order valence-corrected chi connectivity index (χ3v) is 9.85. The van der Waals surface area contributed by atoms with Gasteiger partial charge in [-0.05, 0) is 104 Å². The minimum atomic E-state index is 0.326. The van der Waals surface area contributed by atoms with Gasteiger partial charge in [0.15, 0.2) is 0 Å². The van der Waals surface area contributed by atoms with E-state index in [0.717, 1.165) is 19.3 Å². The Labute approximate surface area is 271 Å². The summed E-state index contributed by atoms with van der Waals surface area (Å²) in [6.07, 6.45) is 17.1. The zero-order valence-electron chi connectivity index (χ0n) is 27.4. The van der Waals surface area contributed by atoms with Crippen LogP contribution in [0.5, 0.6) is 0 Å². The first kappa shape index (κ1) is 30.6. The molecule has 226 valence electrons. The van der Waals surface area contributed by atoms with Crippen molar-refractivity contribution in [3.8, 4) is 11.1 Å². The van der Waals surface area contributed by atoms with Gasteiger partial charge in [-0.2, -0.15) is 0 Å². The van der Waals surface area contributed by atoms with Gasteiger partial charge < -0.3 is 0 Å². The Morgan fingerprint density at radius 1 is 0.800 bits per heavy atom. The zero-order chi connectivity index (χ0) is 31.3. The molecule has 0 heteroatoms. The van der Waals surface area contributed by atoms with Gasteiger partial charge in [0.25, 0.3) is 0 Å². The molecule has 0 saturated carbocycles. The minimum absolute atomic E-state index is 0.326. The zero-order valence-corrected chi connectivity index (χ0v) is 27.4. The molecule has 7 rings (SSSR count). The van der Waals surface area contributed by atoms with E-state index < -0.39 is 0 Å². The van der Waals surface area contributed by atoms with Crippen molar-refractivity contribution < 1.29 is 0 Å². The Morgan fingerprint density at radius 3 is 2.24 bits per heavy atom. The van der Waals surface area contributed by atoms with E-state index in [1.165, 1.54) is 79.6 Å². The highest BCUT2D eigenvalue weighted by atomic mass is 14.4. The quantitative estimate of drug-likeness (QED) is 0.204. The predicted octanol–water partition coefficient (Wildman–Crippen LogP) is 12.6.